The van der Waals surface area contributed by atoms with Gasteiger partial charge in [0.15, 0.2) is 0 Å². The molecule has 1 saturated carbocycles. The van der Waals surface area contributed by atoms with Crippen molar-refractivity contribution in [3.63, 3.8) is 0 Å². The maximum Gasteiger partial charge on any atom is 0.342 e. The molecule has 1 aliphatic carbocycles. The first-order chi connectivity index (χ1) is 28.0. The molecule has 6 heterocycles. The summed E-state index contributed by atoms with van der Waals surface area (Å²) in [5.41, 5.74) is -5.54. The van der Waals surface area contributed by atoms with E-state index in [2.05, 4.69) is 4.98 Å². The van der Waals surface area contributed by atoms with Gasteiger partial charge in [0.05, 0.1) is 70.1 Å². The summed E-state index contributed by atoms with van der Waals surface area (Å²) >= 11 is 0. The van der Waals surface area contributed by atoms with Crippen molar-refractivity contribution in [2.75, 3.05) is 59.0 Å². The fourth-order valence-corrected chi connectivity index (χ4v) is 13.6. The molecule has 3 fully saturated rings. The summed E-state index contributed by atoms with van der Waals surface area (Å²) in [4.78, 5) is 47.7. The fraction of sp³-hybridized carbons (Fsp3) is 0.568. The van der Waals surface area contributed by atoms with E-state index in [0.29, 0.717) is 29.7 Å². The number of quaternary nitrogens is 2. The Morgan fingerprint density at radius 3 is 2.44 bits per heavy atom. The third-order valence-corrected chi connectivity index (χ3v) is 15.8. The summed E-state index contributed by atoms with van der Waals surface area (Å²) in [6.45, 7) is 4.13. The van der Waals surface area contributed by atoms with Crippen molar-refractivity contribution in [1.29, 1.82) is 0 Å². The smallest absolute Gasteiger partial charge is 0.342 e. The van der Waals surface area contributed by atoms with Crippen molar-refractivity contribution < 1.29 is 53.2 Å². The topological polar surface area (TPSA) is 205 Å². The number of hydrogen-bond acceptors (Lipinski definition) is 11. The number of nitrogens with zero attached hydrogens (tertiary/aromatic N) is 3. The molecule has 11 atom stereocenters. The highest BCUT2D eigenvalue weighted by Gasteiger charge is 2.83. The Morgan fingerprint density at radius 1 is 1.02 bits per heavy atom. The number of hydroxylamine groups is 6. The van der Waals surface area contributed by atoms with Crippen molar-refractivity contribution in [3.8, 4) is 5.75 Å². The number of esters is 2. The summed E-state index contributed by atoms with van der Waals surface area (Å²) in [6.07, 6.45) is 3.32. The van der Waals surface area contributed by atoms with Gasteiger partial charge in [-0.05, 0) is 55.0 Å². The highest BCUT2D eigenvalue weighted by atomic mass is 16.6. The predicted molar refractivity (Wildman–Crippen MR) is 215 cm³/mol. The number of carbonyl (C=O) groups excluding carboxylic acids is 3. The molecule has 5 aliphatic heterocycles. The van der Waals surface area contributed by atoms with E-state index in [4.69, 9.17) is 14.2 Å². The number of ether oxygens (including phenoxy) is 3. The van der Waals surface area contributed by atoms with E-state index in [0.717, 1.165) is 23.6 Å². The van der Waals surface area contributed by atoms with Crippen LogP contribution in [0.3, 0.4) is 0 Å². The Morgan fingerprint density at radius 2 is 1.76 bits per heavy atom. The summed E-state index contributed by atoms with van der Waals surface area (Å²) in [5, 5.41) is 68.0. The third-order valence-electron chi connectivity index (χ3n) is 15.8. The van der Waals surface area contributed by atoms with Crippen LogP contribution >= 0.6 is 0 Å². The van der Waals surface area contributed by atoms with Gasteiger partial charge in [-0.15, -0.1) is 0 Å². The fourth-order valence-electron chi connectivity index (χ4n) is 13.6. The van der Waals surface area contributed by atoms with Gasteiger partial charge >= 0.3 is 11.9 Å². The van der Waals surface area contributed by atoms with Crippen molar-refractivity contribution in [2.24, 2.45) is 11.3 Å². The van der Waals surface area contributed by atoms with E-state index in [1.807, 2.05) is 31.2 Å². The van der Waals surface area contributed by atoms with Crippen LogP contribution in [-0.2, 0) is 41.1 Å². The molecule has 15 nitrogen and oxygen atoms in total. The number of H-pyrrole nitrogens is 1. The second kappa shape index (κ2) is 13.1. The van der Waals surface area contributed by atoms with Gasteiger partial charge in [-0.2, -0.15) is 0 Å². The number of piperidine rings is 1. The molecule has 2 aromatic carbocycles. The predicted octanol–water partition coefficient (Wildman–Crippen LogP) is 2.97. The number of para-hydroxylation sites is 1. The molecule has 0 radical (unpaired) electrons. The van der Waals surface area contributed by atoms with Gasteiger partial charge < -0.3 is 59.1 Å². The van der Waals surface area contributed by atoms with Crippen LogP contribution in [0.1, 0.15) is 68.3 Å². The van der Waals surface area contributed by atoms with Crippen LogP contribution in [0.5, 0.6) is 5.75 Å². The number of methoxy groups -OCH3 is 3. The minimum absolute atomic E-state index is 0.0235. The molecule has 2 saturated heterocycles. The molecule has 9 rings (SSSR count). The van der Waals surface area contributed by atoms with Gasteiger partial charge in [-0.1, -0.05) is 38.1 Å². The maximum atomic E-state index is 15.3. The Kier molecular flexibility index (Phi) is 8.88. The summed E-state index contributed by atoms with van der Waals surface area (Å²) in [7, 11) is 3.85. The van der Waals surface area contributed by atoms with Crippen LogP contribution in [0.4, 0.5) is 5.69 Å². The first-order valence-electron chi connectivity index (χ1n) is 20.7. The molecule has 6 aliphatic rings. The number of aliphatic hydroxyl groups excluding tert-OH is 1. The Hall–Kier alpha value is -4.35. The van der Waals surface area contributed by atoms with Gasteiger partial charge in [0.1, 0.15) is 35.5 Å². The van der Waals surface area contributed by atoms with Crippen LogP contribution in [0.25, 0.3) is 10.9 Å². The monoisotopic (exact) mass is 814 g/mol. The van der Waals surface area contributed by atoms with Crippen LogP contribution in [0.2, 0.25) is 0 Å². The number of fused-ring (bicyclic) bond motifs is 6. The molecule has 59 heavy (non-hydrogen) atoms. The highest BCUT2D eigenvalue weighted by molar-refractivity contribution is 5.96. The minimum Gasteiger partial charge on any atom is -0.633 e. The zero-order valence-corrected chi connectivity index (χ0v) is 34.2. The third kappa shape index (κ3) is 4.91. The van der Waals surface area contributed by atoms with Gasteiger partial charge in [-0.25, -0.2) is 4.79 Å². The lowest BCUT2D eigenvalue weighted by Gasteiger charge is -2.65. The maximum absolute atomic E-state index is 15.3. The molecule has 15 heteroatoms. The standard InChI is InChI=1S/C44H54N4O11/c1-6-40(53)21-26-22-43(38(51)58-4,34-28(13-17-47(55,23-26)24-40)27-11-8-9-12-31(27)45-34)30-19-29-32(20-33(30)57-3)46(25-49)35-42(29)15-18-48(56)16-10-14-41(7-2,36(42)48)37(50)44(35,54)39(52)59-5/h8-12,14,19-20,25-26,35-37,45,50,53-54H,6-7,13,15-18,21-24H2,1-5H3/t26-,35-,36+,37-,40+,41-,42+,43+,44+,47?,48?/m1/s1. The van der Waals surface area contributed by atoms with Crippen LogP contribution in [0, 0.1) is 21.7 Å². The van der Waals surface area contributed by atoms with E-state index in [1.54, 1.807) is 31.2 Å². The van der Waals surface area contributed by atoms with Crippen molar-refractivity contribution in [1.82, 2.24) is 4.98 Å². The number of benzene rings is 2. The number of amides is 1. The normalized spacial score (nSPS) is 40.5. The first kappa shape index (κ1) is 40.1. The molecule has 1 amide bonds. The van der Waals surface area contributed by atoms with Crippen molar-refractivity contribution in [2.45, 2.75) is 92.6 Å². The lowest BCUT2D eigenvalue weighted by atomic mass is 9.47. The number of carbonyl (C=O) groups is 3. The molecular formula is C44H54N4O11. The van der Waals surface area contributed by atoms with Crippen molar-refractivity contribution >= 4 is 34.9 Å². The number of rotatable bonds is 7. The number of hydrogen-bond donors (Lipinski definition) is 4. The molecule has 4 N–H and O–H groups in total. The Labute approximate surface area is 342 Å². The molecular weight excluding hydrogens is 761 g/mol. The number of aromatic nitrogens is 1. The first-order valence-corrected chi connectivity index (χ1v) is 20.7. The zero-order chi connectivity index (χ0) is 42.1. The molecule has 2 bridgehead atoms. The largest absolute Gasteiger partial charge is 0.633 e. The van der Waals surface area contributed by atoms with Crippen LogP contribution in [-0.4, -0.2) is 131 Å². The average Bonchev–Trinajstić information content (AvgIpc) is 3.87. The minimum atomic E-state index is -2.70. The van der Waals surface area contributed by atoms with E-state index in [9.17, 15) is 30.1 Å². The van der Waals surface area contributed by atoms with Crippen LogP contribution < -0.4 is 9.64 Å². The number of aliphatic hydroxyl groups is 3. The average molecular weight is 815 g/mol. The van der Waals surface area contributed by atoms with Crippen LogP contribution in [0.15, 0.2) is 48.6 Å². The highest BCUT2D eigenvalue weighted by Crippen LogP contribution is 2.69. The van der Waals surface area contributed by atoms with Gasteiger partial charge in [-0.3, -0.25) is 9.59 Å². The lowest BCUT2D eigenvalue weighted by molar-refractivity contribution is -0.900. The number of anilines is 1. The van der Waals surface area contributed by atoms with E-state index < -0.39 is 72.8 Å². The number of nitrogens with one attached hydrogen (secondary N) is 1. The number of aromatic amines is 1. The molecule has 1 spiro atoms. The summed E-state index contributed by atoms with van der Waals surface area (Å²) in [5.74, 6) is -2.10. The van der Waals surface area contributed by atoms with Gasteiger partial charge in [0.2, 0.25) is 12.0 Å². The Balaban J connectivity index is 1.39. The van der Waals surface area contributed by atoms with E-state index in [1.165, 1.54) is 19.1 Å². The van der Waals surface area contributed by atoms with Gasteiger partial charge in [0, 0.05) is 47.0 Å². The lowest BCUT2D eigenvalue weighted by Crippen LogP contribution is -2.82. The molecule has 316 valence electrons. The zero-order valence-electron chi connectivity index (χ0n) is 34.2. The molecule has 1 aromatic heterocycles. The van der Waals surface area contributed by atoms with Gasteiger partial charge in [0.25, 0.3) is 0 Å². The summed E-state index contributed by atoms with van der Waals surface area (Å²) in [6, 6.07) is 8.57. The SMILES string of the molecule is CC[C@]1(O)C[C@@H]2C[C@](C(=O)OC)(c3cc4c(cc3OC)N(C=O)[C@H]3[C@@](O)(C(=O)OC)[C@H](O)[C@]5(CC)C=CC[N+]6([O-])CC[C@]43[C@H]56)c3[nH]c4ccccc4c3CC[N+]([O-])(C2)C1. The molecule has 2 unspecified atom stereocenters. The Bertz CT molecular complexity index is 2300. The van der Waals surface area contributed by atoms with E-state index >= 15 is 10.0 Å². The second-order valence-corrected chi connectivity index (χ2v) is 18.3. The second-order valence-electron chi connectivity index (χ2n) is 18.3. The van der Waals surface area contributed by atoms with E-state index in [-0.39, 0.29) is 76.3 Å². The quantitative estimate of drug-likeness (QED) is 0.0898. The van der Waals surface area contributed by atoms with Crippen molar-refractivity contribution in [3.05, 3.63) is 81.3 Å². The summed E-state index contributed by atoms with van der Waals surface area (Å²) < 4.78 is 15.8. The molecule has 3 aromatic rings.